The molecule has 0 atom stereocenters. The molecule has 2 rings (SSSR count). The molecule has 0 fully saturated rings. The van der Waals surface area contributed by atoms with Crippen molar-refractivity contribution in [1.82, 2.24) is 0 Å². The molecule has 2 aromatic carbocycles. The molecule has 0 aromatic heterocycles. The Kier molecular flexibility index (Phi) is 9.06. The lowest BCUT2D eigenvalue weighted by Gasteiger charge is -2.42. The number of halogens is 17. The van der Waals surface area contributed by atoms with E-state index in [9.17, 15) is 79.4 Å². The second-order valence-corrected chi connectivity index (χ2v) is 8.64. The molecule has 0 radical (unpaired) electrons. The standard InChI is InChI=1S/C23H14F17NO2/c1-43-15(42)12-4-2-11(3-5-12)10-41-14-8-6-13(7-9-14)16(24,25)17(26,27)18(28,29)19(30,31)20(32,33)21(34,35)22(36,37)23(38,39)40/h2-9,41H,10H2,1H3. The number of ether oxygens (including phenoxy) is 1. The molecule has 20 heteroatoms. The van der Waals surface area contributed by atoms with Crippen molar-refractivity contribution < 1.29 is 84.2 Å². The number of esters is 1. The number of anilines is 1. The molecule has 1 N–H and O–H groups in total. The highest BCUT2D eigenvalue weighted by atomic mass is 19.4. The predicted molar refractivity (Wildman–Crippen MR) is 111 cm³/mol. The summed E-state index contributed by atoms with van der Waals surface area (Å²) in [5, 5.41) is 2.50. The Balaban J connectivity index is 2.38. The first-order valence-electron chi connectivity index (χ1n) is 10.9. The highest BCUT2D eigenvalue weighted by molar-refractivity contribution is 5.89. The van der Waals surface area contributed by atoms with Crippen LogP contribution in [0.1, 0.15) is 21.5 Å². The van der Waals surface area contributed by atoms with Gasteiger partial charge < -0.3 is 10.1 Å². The minimum Gasteiger partial charge on any atom is -0.465 e. The maximum absolute atomic E-state index is 14.4. The molecule has 0 aliphatic heterocycles. The summed E-state index contributed by atoms with van der Waals surface area (Å²) in [6.07, 6.45) is -7.81. The first kappa shape index (κ1) is 35.7. The lowest BCUT2D eigenvalue weighted by molar-refractivity contribution is -0.462. The predicted octanol–water partition coefficient (Wildman–Crippen LogP) is 8.55. The van der Waals surface area contributed by atoms with Gasteiger partial charge in [0.25, 0.3) is 0 Å². The number of hydrogen-bond donors (Lipinski definition) is 1. The highest BCUT2D eigenvalue weighted by Crippen LogP contribution is 2.65. The summed E-state index contributed by atoms with van der Waals surface area (Å²) < 4.78 is 233. The van der Waals surface area contributed by atoms with Crippen LogP contribution in [0.2, 0.25) is 0 Å². The summed E-state index contributed by atoms with van der Waals surface area (Å²) in [5.74, 6) is -57.6. The third-order valence-electron chi connectivity index (χ3n) is 5.84. The maximum Gasteiger partial charge on any atom is 0.460 e. The van der Waals surface area contributed by atoms with Gasteiger partial charge in [0.2, 0.25) is 0 Å². The van der Waals surface area contributed by atoms with Crippen LogP contribution in [0.4, 0.5) is 80.3 Å². The number of benzene rings is 2. The number of alkyl halides is 17. The van der Waals surface area contributed by atoms with Gasteiger partial charge in [-0.2, -0.15) is 74.6 Å². The summed E-state index contributed by atoms with van der Waals surface area (Å²) in [7, 11) is 1.10. The molecule has 0 saturated carbocycles. The molecule has 0 bridgehead atoms. The fourth-order valence-electron chi connectivity index (χ4n) is 3.22. The van der Waals surface area contributed by atoms with E-state index < -0.39 is 59.2 Å². The summed E-state index contributed by atoms with van der Waals surface area (Å²) >= 11 is 0. The van der Waals surface area contributed by atoms with E-state index in [4.69, 9.17) is 0 Å². The number of carbonyl (C=O) groups is 1. The number of carbonyl (C=O) groups excluding carboxylic acids is 1. The summed E-state index contributed by atoms with van der Waals surface area (Å²) in [5.41, 5.74) is -2.02. The maximum atomic E-state index is 14.4. The van der Waals surface area contributed by atoms with E-state index in [1.165, 1.54) is 24.3 Å². The average molecular weight is 659 g/mol. The Morgan fingerprint density at radius 2 is 0.977 bits per heavy atom. The fourth-order valence-corrected chi connectivity index (χ4v) is 3.22. The SMILES string of the molecule is COC(=O)c1ccc(CNc2ccc(C(F)(F)C(F)(F)C(F)(F)C(F)(F)C(F)(F)C(F)(F)C(F)(F)C(F)(F)F)cc2)cc1. The molecule has 242 valence electrons. The number of methoxy groups -OCH3 is 1. The van der Waals surface area contributed by atoms with Crippen molar-refractivity contribution in [2.75, 3.05) is 12.4 Å². The van der Waals surface area contributed by atoms with Crippen LogP contribution in [-0.4, -0.2) is 54.8 Å². The third-order valence-corrected chi connectivity index (χ3v) is 5.84. The first-order chi connectivity index (χ1) is 19.1. The highest BCUT2D eigenvalue weighted by Gasteiger charge is 2.95. The van der Waals surface area contributed by atoms with Crippen molar-refractivity contribution in [1.29, 1.82) is 0 Å². The van der Waals surface area contributed by atoms with Crippen LogP contribution in [-0.2, 0) is 17.2 Å². The van der Waals surface area contributed by atoms with E-state index in [1.54, 1.807) is 0 Å². The normalized spacial score (nSPS) is 14.5. The zero-order valence-electron chi connectivity index (χ0n) is 20.6. The quantitative estimate of drug-likeness (QED) is 0.194. The Hall–Kier alpha value is -3.48. The van der Waals surface area contributed by atoms with Gasteiger partial charge in [-0.05, 0) is 29.8 Å². The smallest absolute Gasteiger partial charge is 0.460 e. The van der Waals surface area contributed by atoms with E-state index in [0.29, 0.717) is 17.7 Å². The number of nitrogens with one attached hydrogen (secondary N) is 1. The van der Waals surface area contributed by atoms with Crippen molar-refractivity contribution in [3.05, 3.63) is 65.2 Å². The average Bonchev–Trinajstić information content (AvgIpc) is 2.90. The van der Waals surface area contributed by atoms with Crippen LogP contribution in [0.3, 0.4) is 0 Å². The molecule has 3 nitrogen and oxygen atoms in total. The number of rotatable bonds is 11. The zero-order valence-corrected chi connectivity index (χ0v) is 20.6. The van der Waals surface area contributed by atoms with Gasteiger partial charge >= 0.3 is 53.6 Å². The van der Waals surface area contributed by atoms with Crippen molar-refractivity contribution in [3.63, 3.8) is 0 Å². The Morgan fingerprint density at radius 3 is 1.37 bits per heavy atom. The van der Waals surface area contributed by atoms with Gasteiger partial charge in [0.1, 0.15) is 0 Å². The molecule has 0 heterocycles. The van der Waals surface area contributed by atoms with Crippen LogP contribution in [0.25, 0.3) is 0 Å². The van der Waals surface area contributed by atoms with E-state index in [2.05, 4.69) is 10.1 Å². The lowest BCUT2D eigenvalue weighted by atomic mass is 9.87. The minimum absolute atomic E-state index is 0.116. The monoisotopic (exact) mass is 659 g/mol. The molecule has 0 saturated heterocycles. The van der Waals surface area contributed by atoms with Crippen LogP contribution in [0, 0.1) is 0 Å². The van der Waals surface area contributed by atoms with Gasteiger partial charge in [0.05, 0.1) is 12.7 Å². The van der Waals surface area contributed by atoms with Gasteiger partial charge in [-0.15, -0.1) is 0 Å². The number of hydrogen-bond acceptors (Lipinski definition) is 3. The van der Waals surface area contributed by atoms with Gasteiger partial charge in [-0.25, -0.2) is 4.79 Å². The molecule has 0 spiro atoms. The molecule has 0 aliphatic carbocycles. The third kappa shape index (κ3) is 5.51. The van der Waals surface area contributed by atoms with Crippen molar-refractivity contribution >= 4 is 11.7 Å². The second kappa shape index (κ2) is 10.9. The van der Waals surface area contributed by atoms with E-state index >= 15 is 0 Å². The summed E-state index contributed by atoms with van der Waals surface area (Å²) in [4.78, 5) is 11.4. The van der Waals surface area contributed by atoms with E-state index in [0.717, 1.165) is 7.11 Å². The largest absolute Gasteiger partial charge is 0.465 e. The molecule has 43 heavy (non-hydrogen) atoms. The van der Waals surface area contributed by atoms with Crippen molar-refractivity contribution in [2.24, 2.45) is 0 Å². The van der Waals surface area contributed by atoms with Crippen molar-refractivity contribution in [2.45, 2.75) is 54.2 Å². The zero-order chi connectivity index (χ0) is 33.7. The summed E-state index contributed by atoms with van der Waals surface area (Å²) in [6, 6.07) is 6.03. The van der Waals surface area contributed by atoms with Crippen LogP contribution in [0.5, 0.6) is 0 Å². The van der Waals surface area contributed by atoms with Gasteiger partial charge in [-0.3, -0.25) is 0 Å². The fraction of sp³-hybridized carbons (Fsp3) is 0.435. The van der Waals surface area contributed by atoms with Crippen LogP contribution < -0.4 is 5.32 Å². The van der Waals surface area contributed by atoms with Crippen molar-refractivity contribution in [3.8, 4) is 0 Å². The van der Waals surface area contributed by atoms with E-state index in [1.807, 2.05) is 0 Å². The summed E-state index contributed by atoms with van der Waals surface area (Å²) in [6.45, 7) is -0.163. The van der Waals surface area contributed by atoms with Gasteiger partial charge in [-0.1, -0.05) is 24.3 Å². The van der Waals surface area contributed by atoms with Gasteiger partial charge in [0.15, 0.2) is 0 Å². The molecule has 0 amide bonds. The Bertz CT molecular complexity index is 1290. The molecular formula is C23H14F17NO2. The van der Waals surface area contributed by atoms with Gasteiger partial charge in [0, 0.05) is 17.8 Å². The van der Waals surface area contributed by atoms with Crippen LogP contribution >= 0.6 is 0 Å². The van der Waals surface area contributed by atoms with E-state index in [-0.39, 0.29) is 29.9 Å². The minimum atomic E-state index is -8.68. The first-order valence-corrected chi connectivity index (χ1v) is 10.9. The molecule has 2 aromatic rings. The lowest BCUT2D eigenvalue weighted by Crippen LogP contribution is -2.74. The Labute approximate surface area is 228 Å². The molecular weight excluding hydrogens is 645 g/mol. The second-order valence-electron chi connectivity index (χ2n) is 8.64. The van der Waals surface area contributed by atoms with Crippen LogP contribution in [0.15, 0.2) is 48.5 Å². The topological polar surface area (TPSA) is 38.3 Å². The molecule has 0 unspecified atom stereocenters. The molecule has 0 aliphatic rings. The Morgan fingerprint density at radius 1 is 0.581 bits per heavy atom.